The molecule has 2 bridgehead atoms. The maximum Gasteiger partial charge on any atom is 0.230 e. The molecule has 1 heterocycles. The van der Waals surface area contributed by atoms with E-state index in [9.17, 15) is 0 Å². The average Bonchev–Trinajstić information content (AvgIpc) is 3.02. The summed E-state index contributed by atoms with van der Waals surface area (Å²) in [5.74, 6) is 3.71. The first kappa shape index (κ1) is 10.6. The molecule has 0 spiro atoms. The van der Waals surface area contributed by atoms with Gasteiger partial charge < -0.3 is 4.52 Å². The topological polar surface area (TPSA) is 38.9 Å². The van der Waals surface area contributed by atoms with E-state index in [0.717, 1.165) is 24.1 Å². The van der Waals surface area contributed by atoms with E-state index in [1.54, 1.807) is 0 Å². The molecule has 88 valence electrons. The molecule has 4 unspecified atom stereocenters. The SMILES string of the molecule is CCC(Cl)c1noc(C2CC3CCC2C3)n1. The first-order chi connectivity index (χ1) is 7.78. The monoisotopic (exact) mass is 240 g/mol. The molecule has 0 aromatic carbocycles. The van der Waals surface area contributed by atoms with Crippen LogP contribution in [-0.2, 0) is 0 Å². The van der Waals surface area contributed by atoms with Crippen LogP contribution < -0.4 is 0 Å². The second-order valence-electron chi connectivity index (χ2n) is 5.15. The number of nitrogens with zero attached hydrogens (tertiary/aromatic N) is 2. The smallest absolute Gasteiger partial charge is 0.230 e. The molecular weight excluding hydrogens is 224 g/mol. The summed E-state index contributed by atoms with van der Waals surface area (Å²) < 4.78 is 5.38. The van der Waals surface area contributed by atoms with E-state index in [2.05, 4.69) is 10.1 Å². The molecule has 2 aliphatic rings. The van der Waals surface area contributed by atoms with Crippen LogP contribution >= 0.6 is 11.6 Å². The van der Waals surface area contributed by atoms with Crippen LogP contribution in [0.15, 0.2) is 4.52 Å². The highest BCUT2D eigenvalue weighted by atomic mass is 35.5. The predicted molar refractivity (Wildman–Crippen MR) is 61.4 cm³/mol. The fraction of sp³-hybridized carbons (Fsp3) is 0.833. The Morgan fingerprint density at radius 1 is 1.44 bits per heavy atom. The molecule has 0 aliphatic heterocycles. The van der Waals surface area contributed by atoms with Gasteiger partial charge in [0.15, 0.2) is 5.82 Å². The largest absolute Gasteiger partial charge is 0.339 e. The van der Waals surface area contributed by atoms with Crippen molar-refractivity contribution in [3.63, 3.8) is 0 Å². The molecule has 2 aliphatic carbocycles. The molecule has 0 N–H and O–H groups in total. The van der Waals surface area contributed by atoms with Gasteiger partial charge in [-0.25, -0.2) is 0 Å². The van der Waals surface area contributed by atoms with Crippen molar-refractivity contribution >= 4 is 11.6 Å². The maximum atomic E-state index is 6.10. The van der Waals surface area contributed by atoms with Crippen molar-refractivity contribution in [1.29, 1.82) is 0 Å². The first-order valence-electron chi connectivity index (χ1n) is 6.25. The number of fused-ring (bicyclic) bond motifs is 2. The fourth-order valence-electron chi connectivity index (χ4n) is 3.25. The van der Waals surface area contributed by atoms with Crippen molar-refractivity contribution in [3.8, 4) is 0 Å². The first-order valence-corrected chi connectivity index (χ1v) is 6.69. The molecule has 0 saturated heterocycles. The van der Waals surface area contributed by atoms with Gasteiger partial charge in [0.2, 0.25) is 5.89 Å². The molecule has 1 aromatic heterocycles. The summed E-state index contributed by atoms with van der Waals surface area (Å²) in [6.45, 7) is 2.03. The number of aromatic nitrogens is 2. The number of alkyl halides is 1. The van der Waals surface area contributed by atoms with Gasteiger partial charge in [0, 0.05) is 5.92 Å². The molecule has 2 fully saturated rings. The van der Waals surface area contributed by atoms with Crippen molar-refractivity contribution in [2.45, 2.75) is 50.3 Å². The highest BCUT2D eigenvalue weighted by Crippen LogP contribution is 2.52. The highest BCUT2D eigenvalue weighted by Gasteiger charge is 2.43. The summed E-state index contributed by atoms with van der Waals surface area (Å²) >= 11 is 6.10. The number of hydrogen-bond donors (Lipinski definition) is 0. The van der Waals surface area contributed by atoms with Crippen molar-refractivity contribution in [3.05, 3.63) is 11.7 Å². The minimum atomic E-state index is -0.101. The molecule has 2 saturated carbocycles. The van der Waals surface area contributed by atoms with E-state index < -0.39 is 0 Å². The number of rotatable bonds is 3. The fourth-order valence-corrected chi connectivity index (χ4v) is 3.34. The Morgan fingerprint density at radius 2 is 2.31 bits per heavy atom. The zero-order valence-corrected chi connectivity index (χ0v) is 10.3. The minimum absolute atomic E-state index is 0.101. The van der Waals surface area contributed by atoms with Gasteiger partial charge in [-0.15, -0.1) is 11.6 Å². The highest BCUT2D eigenvalue weighted by molar-refractivity contribution is 6.20. The summed E-state index contributed by atoms with van der Waals surface area (Å²) in [5.41, 5.74) is 0. The average molecular weight is 241 g/mol. The number of halogens is 1. The Labute approximate surface area is 101 Å². The Balaban J connectivity index is 1.77. The van der Waals surface area contributed by atoms with Crippen LogP contribution in [0.5, 0.6) is 0 Å². The lowest BCUT2D eigenvalue weighted by Gasteiger charge is -2.17. The molecule has 4 atom stereocenters. The van der Waals surface area contributed by atoms with Gasteiger partial charge in [-0.2, -0.15) is 4.98 Å². The quantitative estimate of drug-likeness (QED) is 0.757. The second-order valence-corrected chi connectivity index (χ2v) is 5.67. The van der Waals surface area contributed by atoms with Gasteiger partial charge in [-0.1, -0.05) is 18.5 Å². The molecule has 3 nitrogen and oxygen atoms in total. The van der Waals surface area contributed by atoms with Crippen molar-refractivity contribution in [2.24, 2.45) is 11.8 Å². The molecule has 0 radical (unpaired) electrons. The summed E-state index contributed by atoms with van der Waals surface area (Å²) in [6.07, 6.45) is 6.18. The molecule has 4 heteroatoms. The Hall–Kier alpha value is -0.570. The Bertz CT molecular complexity index is 379. The van der Waals surface area contributed by atoms with Gasteiger partial charge in [0.25, 0.3) is 0 Å². The molecular formula is C12H17ClN2O. The van der Waals surface area contributed by atoms with Gasteiger partial charge in [0.1, 0.15) is 0 Å². The lowest BCUT2D eigenvalue weighted by Crippen LogP contribution is -2.08. The van der Waals surface area contributed by atoms with E-state index in [-0.39, 0.29) is 5.38 Å². The van der Waals surface area contributed by atoms with Crippen LogP contribution in [0.4, 0.5) is 0 Å². The standard InChI is InChI=1S/C12H17ClN2O/c1-2-10(13)11-14-12(16-15-11)9-6-7-3-4-8(9)5-7/h7-10H,2-6H2,1H3. The zero-order valence-electron chi connectivity index (χ0n) is 9.53. The normalized spacial score (nSPS) is 34.5. The third-order valence-corrected chi connectivity index (χ3v) is 4.66. The Kier molecular flexibility index (Phi) is 2.66. The van der Waals surface area contributed by atoms with Crippen molar-refractivity contribution in [2.75, 3.05) is 0 Å². The Morgan fingerprint density at radius 3 is 2.94 bits per heavy atom. The third kappa shape index (κ3) is 1.65. The van der Waals surface area contributed by atoms with Crippen LogP contribution in [0.3, 0.4) is 0 Å². The molecule has 0 amide bonds. The van der Waals surface area contributed by atoms with E-state index >= 15 is 0 Å². The third-order valence-electron chi connectivity index (χ3n) is 4.15. The van der Waals surface area contributed by atoms with Crippen molar-refractivity contribution < 1.29 is 4.52 Å². The van der Waals surface area contributed by atoms with Crippen LogP contribution in [0.2, 0.25) is 0 Å². The second kappa shape index (κ2) is 4.02. The van der Waals surface area contributed by atoms with Gasteiger partial charge >= 0.3 is 0 Å². The lowest BCUT2D eigenvalue weighted by molar-refractivity contribution is 0.300. The van der Waals surface area contributed by atoms with Crippen LogP contribution in [0, 0.1) is 11.8 Å². The predicted octanol–water partition coefficient (Wildman–Crippen LogP) is 3.66. The summed E-state index contributed by atoms with van der Waals surface area (Å²) in [6, 6.07) is 0. The van der Waals surface area contributed by atoms with E-state index in [1.165, 1.54) is 25.7 Å². The van der Waals surface area contributed by atoms with Gasteiger partial charge in [-0.3, -0.25) is 0 Å². The summed E-state index contributed by atoms with van der Waals surface area (Å²) in [4.78, 5) is 4.47. The molecule has 16 heavy (non-hydrogen) atoms. The zero-order chi connectivity index (χ0) is 11.1. The van der Waals surface area contributed by atoms with Crippen molar-refractivity contribution in [1.82, 2.24) is 10.1 Å². The van der Waals surface area contributed by atoms with Gasteiger partial charge in [0.05, 0.1) is 5.38 Å². The molecule has 3 rings (SSSR count). The molecule has 1 aromatic rings. The van der Waals surface area contributed by atoms with Crippen LogP contribution in [0.1, 0.15) is 62.0 Å². The minimum Gasteiger partial charge on any atom is -0.339 e. The maximum absolute atomic E-state index is 6.10. The summed E-state index contributed by atoms with van der Waals surface area (Å²) in [5, 5.41) is 3.90. The number of hydrogen-bond acceptors (Lipinski definition) is 3. The van der Waals surface area contributed by atoms with Crippen LogP contribution in [0.25, 0.3) is 0 Å². The van der Waals surface area contributed by atoms with E-state index in [1.807, 2.05) is 6.92 Å². The summed E-state index contributed by atoms with van der Waals surface area (Å²) in [7, 11) is 0. The van der Waals surface area contributed by atoms with Crippen LogP contribution in [-0.4, -0.2) is 10.1 Å². The van der Waals surface area contributed by atoms with E-state index in [4.69, 9.17) is 16.1 Å². The van der Waals surface area contributed by atoms with E-state index in [0.29, 0.717) is 11.7 Å². The lowest BCUT2D eigenvalue weighted by atomic mass is 9.89. The van der Waals surface area contributed by atoms with Gasteiger partial charge in [-0.05, 0) is 37.5 Å².